The predicted octanol–water partition coefficient (Wildman–Crippen LogP) is 2.63. The van der Waals surface area contributed by atoms with Crippen molar-refractivity contribution in [1.29, 1.82) is 0 Å². The Bertz CT molecular complexity index is 680. The number of amides is 1. The van der Waals surface area contributed by atoms with Gasteiger partial charge >= 0.3 is 18.1 Å². The molecule has 0 radical (unpaired) electrons. The molecule has 1 amide bonds. The number of carbonyl (C=O) groups excluding carboxylic acids is 3. The van der Waals surface area contributed by atoms with Crippen molar-refractivity contribution in [1.82, 2.24) is 0 Å². The highest BCUT2D eigenvalue weighted by Gasteiger charge is 2.64. The zero-order chi connectivity index (χ0) is 19.5. The highest BCUT2D eigenvalue weighted by molar-refractivity contribution is 6.04. The molecule has 142 valence electrons. The first-order valence-corrected chi connectivity index (χ1v) is 8.02. The van der Waals surface area contributed by atoms with Crippen LogP contribution < -0.4 is 5.32 Å². The Kier molecular flexibility index (Phi) is 5.89. The third kappa shape index (κ3) is 4.33. The Hall–Kier alpha value is -2.58. The maximum Gasteiger partial charge on any atom is 0.416 e. The maximum atomic E-state index is 12.7. The highest BCUT2D eigenvalue weighted by Crippen LogP contribution is 2.48. The molecule has 1 saturated carbocycles. The standard InChI is InChI=1S/C17H18F3NO5/c1-3-25-15(23)12-11(13(12)16(24)26-4-2)14(22)21-10-7-5-6-9(8-10)17(18,19)20/h5-8,11-13H,3-4H2,1-2H3,(H,21,22). The Labute approximate surface area is 147 Å². The zero-order valence-electron chi connectivity index (χ0n) is 14.1. The van der Waals surface area contributed by atoms with Crippen LogP contribution in [-0.4, -0.2) is 31.1 Å². The van der Waals surface area contributed by atoms with Crippen LogP contribution in [0.2, 0.25) is 0 Å². The van der Waals surface area contributed by atoms with E-state index in [4.69, 9.17) is 9.47 Å². The molecule has 0 heterocycles. The van der Waals surface area contributed by atoms with Gasteiger partial charge in [-0.05, 0) is 32.0 Å². The van der Waals surface area contributed by atoms with E-state index in [0.717, 1.165) is 18.2 Å². The van der Waals surface area contributed by atoms with Crippen molar-refractivity contribution in [3.05, 3.63) is 29.8 Å². The molecule has 1 aromatic carbocycles. The summed E-state index contributed by atoms with van der Waals surface area (Å²) in [6.45, 7) is 3.31. The fraction of sp³-hybridized carbons (Fsp3) is 0.471. The summed E-state index contributed by atoms with van der Waals surface area (Å²) in [4.78, 5) is 36.2. The number of carbonyl (C=O) groups is 3. The Balaban J connectivity index is 2.14. The van der Waals surface area contributed by atoms with E-state index in [-0.39, 0.29) is 18.9 Å². The fourth-order valence-electron chi connectivity index (χ4n) is 2.70. The van der Waals surface area contributed by atoms with Gasteiger partial charge in [-0.25, -0.2) is 0 Å². The molecule has 2 unspecified atom stereocenters. The molecule has 26 heavy (non-hydrogen) atoms. The van der Waals surface area contributed by atoms with Crippen molar-refractivity contribution in [3.8, 4) is 0 Å². The lowest BCUT2D eigenvalue weighted by Crippen LogP contribution is -2.19. The van der Waals surface area contributed by atoms with Gasteiger partial charge in [-0.3, -0.25) is 14.4 Å². The van der Waals surface area contributed by atoms with Crippen molar-refractivity contribution in [2.24, 2.45) is 17.8 Å². The van der Waals surface area contributed by atoms with Crippen molar-refractivity contribution in [2.75, 3.05) is 18.5 Å². The summed E-state index contributed by atoms with van der Waals surface area (Å²) in [5, 5.41) is 2.32. The Morgan fingerprint density at radius 2 is 1.54 bits per heavy atom. The minimum Gasteiger partial charge on any atom is -0.466 e. The number of rotatable bonds is 6. The predicted molar refractivity (Wildman–Crippen MR) is 83.8 cm³/mol. The number of nitrogens with one attached hydrogen (secondary N) is 1. The SMILES string of the molecule is CCOC(=O)C1C(C(=O)Nc2cccc(C(F)(F)F)c2)C1C(=O)OCC. The first-order chi connectivity index (χ1) is 12.2. The lowest BCUT2D eigenvalue weighted by Gasteiger charge is -2.10. The molecule has 9 heteroatoms. The van der Waals surface area contributed by atoms with Crippen molar-refractivity contribution in [3.63, 3.8) is 0 Å². The average Bonchev–Trinajstić information content (AvgIpc) is 3.31. The second kappa shape index (κ2) is 7.76. The lowest BCUT2D eigenvalue weighted by molar-refractivity contribution is -0.150. The zero-order valence-corrected chi connectivity index (χ0v) is 14.1. The monoisotopic (exact) mass is 373 g/mol. The topological polar surface area (TPSA) is 81.7 Å². The first-order valence-electron chi connectivity index (χ1n) is 8.02. The fourth-order valence-corrected chi connectivity index (χ4v) is 2.70. The van der Waals surface area contributed by atoms with Crippen LogP contribution in [-0.2, 0) is 30.0 Å². The van der Waals surface area contributed by atoms with E-state index in [1.54, 1.807) is 13.8 Å². The number of halogens is 3. The van der Waals surface area contributed by atoms with Crippen LogP contribution in [0.4, 0.5) is 18.9 Å². The third-order valence-electron chi connectivity index (χ3n) is 3.90. The molecule has 1 aliphatic carbocycles. The van der Waals surface area contributed by atoms with Gasteiger partial charge in [0.15, 0.2) is 0 Å². The van der Waals surface area contributed by atoms with Gasteiger partial charge in [0, 0.05) is 5.69 Å². The molecule has 1 aliphatic rings. The van der Waals surface area contributed by atoms with Gasteiger partial charge in [-0.2, -0.15) is 13.2 Å². The maximum absolute atomic E-state index is 12.7. The molecule has 0 aliphatic heterocycles. The minimum absolute atomic E-state index is 0.0762. The second-order valence-electron chi connectivity index (χ2n) is 5.65. The van der Waals surface area contributed by atoms with Gasteiger partial charge in [0.1, 0.15) is 0 Å². The quantitative estimate of drug-likeness (QED) is 0.776. The summed E-state index contributed by atoms with van der Waals surface area (Å²) in [6.07, 6.45) is -4.55. The van der Waals surface area contributed by atoms with E-state index < -0.39 is 47.3 Å². The number of hydrogen-bond acceptors (Lipinski definition) is 5. The number of anilines is 1. The summed E-state index contributed by atoms with van der Waals surface area (Å²) in [7, 11) is 0. The summed E-state index contributed by atoms with van der Waals surface area (Å²) in [5.74, 6) is -5.20. The molecule has 2 atom stereocenters. The van der Waals surface area contributed by atoms with Crippen LogP contribution in [0, 0.1) is 17.8 Å². The van der Waals surface area contributed by atoms with Gasteiger partial charge in [-0.1, -0.05) is 6.07 Å². The molecule has 0 bridgehead atoms. The van der Waals surface area contributed by atoms with Crippen molar-refractivity contribution in [2.45, 2.75) is 20.0 Å². The van der Waals surface area contributed by atoms with Crippen LogP contribution in [0.5, 0.6) is 0 Å². The van der Waals surface area contributed by atoms with E-state index in [1.807, 2.05) is 0 Å². The first kappa shape index (κ1) is 19.7. The third-order valence-corrected chi connectivity index (χ3v) is 3.90. The van der Waals surface area contributed by atoms with E-state index in [9.17, 15) is 27.6 Å². The van der Waals surface area contributed by atoms with Crippen molar-refractivity contribution >= 4 is 23.5 Å². The molecule has 1 aromatic rings. The van der Waals surface area contributed by atoms with Gasteiger partial charge in [-0.15, -0.1) is 0 Å². The van der Waals surface area contributed by atoms with Crippen molar-refractivity contribution < 1.29 is 37.0 Å². The molecular formula is C17H18F3NO5. The van der Waals surface area contributed by atoms with E-state index >= 15 is 0 Å². The number of alkyl halides is 3. The Morgan fingerprint density at radius 3 is 2.00 bits per heavy atom. The number of ether oxygens (including phenoxy) is 2. The summed E-state index contributed by atoms with van der Waals surface area (Å²) >= 11 is 0. The Morgan fingerprint density at radius 1 is 1.00 bits per heavy atom. The summed E-state index contributed by atoms with van der Waals surface area (Å²) in [5.41, 5.74) is -1.00. The normalized spacial score (nSPS) is 21.7. The summed E-state index contributed by atoms with van der Waals surface area (Å²) in [6, 6.07) is 4.08. The molecule has 2 rings (SSSR count). The largest absolute Gasteiger partial charge is 0.466 e. The molecule has 0 aromatic heterocycles. The second-order valence-corrected chi connectivity index (χ2v) is 5.65. The van der Waals surface area contributed by atoms with Gasteiger partial charge in [0.2, 0.25) is 5.91 Å². The number of esters is 2. The van der Waals surface area contributed by atoms with E-state index in [2.05, 4.69) is 5.32 Å². The molecule has 1 fully saturated rings. The molecular weight excluding hydrogens is 355 g/mol. The smallest absolute Gasteiger partial charge is 0.416 e. The van der Waals surface area contributed by atoms with Crippen LogP contribution in [0.15, 0.2) is 24.3 Å². The van der Waals surface area contributed by atoms with Crippen LogP contribution in [0.25, 0.3) is 0 Å². The number of benzene rings is 1. The molecule has 1 N–H and O–H groups in total. The minimum atomic E-state index is -4.55. The van der Waals surface area contributed by atoms with E-state index in [0.29, 0.717) is 0 Å². The van der Waals surface area contributed by atoms with Gasteiger partial charge < -0.3 is 14.8 Å². The van der Waals surface area contributed by atoms with E-state index in [1.165, 1.54) is 6.07 Å². The van der Waals surface area contributed by atoms with Crippen LogP contribution in [0.1, 0.15) is 19.4 Å². The summed E-state index contributed by atoms with van der Waals surface area (Å²) < 4.78 is 47.9. The lowest BCUT2D eigenvalue weighted by atomic mass is 10.2. The molecule has 0 saturated heterocycles. The number of hydrogen-bond donors (Lipinski definition) is 1. The molecule has 6 nitrogen and oxygen atoms in total. The van der Waals surface area contributed by atoms with Crippen LogP contribution in [0.3, 0.4) is 0 Å². The molecule has 0 spiro atoms. The average molecular weight is 373 g/mol. The highest BCUT2D eigenvalue weighted by atomic mass is 19.4. The van der Waals surface area contributed by atoms with Gasteiger partial charge in [0.25, 0.3) is 0 Å². The van der Waals surface area contributed by atoms with Gasteiger partial charge in [0.05, 0.1) is 36.5 Å². The van der Waals surface area contributed by atoms with Crippen LogP contribution >= 0.6 is 0 Å².